The number of nitrogens with zero attached hydrogens (tertiary/aromatic N) is 2. The van der Waals surface area contributed by atoms with Crippen LogP contribution in [0.1, 0.15) is 32.8 Å². The second-order valence-corrected chi connectivity index (χ2v) is 5.11. The van der Waals surface area contributed by atoms with E-state index in [9.17, 15) is 0 Å². The van der Waals surface area contributed by atoms with Crippen LogP contribution in [0.4, 0.5) is 23.0 Å². The van der Waals surface area contributed by atoms with Crippen LogP contribution in [-0.2, 0) is 6.42 Å². The van der Waals surface area contributed by atoms with Gasteiger partial charge in [0, 0.05) is 11.7 Å². The Morgan fingerprint density at radius 2 is 1.76 bits per heavy atom. The number of nitrogens with one attached hydrogen (secondary N) is 2. The molecule has 0 bridgehead atoms. The van der Waals surface area contributed by atoms with Crippen molar-refractivity contribution >= 4 is 23.0 Å². The first kappa shape index (κ1) is 15.1. The Labute approximate surface area is 126 Å². The van der Waals surface area contributed by atoms with Crippen LogP contribution in [0.25, 0.3) is 0 Å². The molecule has 21 heavy (non-hydrogen) atoms. The van der Waals surface area contributed by atoms with Gasteiger partial charge in [-0.2, -0.15) is 0 Å². The molecular formula is C16H23N5. The van der Waals surface area contributed by atoms with Crippen LogP contribution in [0.2, 0.25) is 0 Å². The number of anilines is 4. The van der Waals surface area contributed by atoms with E-state index in [1.165, 1.54) is 11.9 Å². The van der Waals surface area contributed by atoms with Crippen molar-refractivity contribution in [2.45, 2.75) is 39.7 Å². The first-order valence-corrected chi connectivity index (χ1v) is 7.37. The topological polar surface area (TPSA) is 75.9 Å². The average molecular weight is 285 g/mol. The van der Waals surface area contributed by atoms with Crippen LogP contribution >= 0.6 is 0 Å². The van der Waals surface area contributed by atoms with E-state index in [0.717, 1.165) is 18.5 Å². The molecule has 5 nitrogen and oxygen atoms in total. The largest absolute Gasteiger partial charge is 0.393 e. The Balaban J connectivity index is 2.17. The Bertz CT molecular complexity index is 580. The maximum Gasteiger partial charge on any atom is 0.159 e. The number of aromatic nitrogens is 2. The van der Waals surface area contributed by atoms with Crippen LogP contribution in [0.5, 0.6) is 0 Å². The Kier molecular flexibility index (Phi) is 4.98. The summed E-state index contributed by atoms with van der Waals surface area (Å²) in [5.41, 5.74) is 8.95. The normalized spacial score (nSPS) is 12.0. The molecule has 2 aromatic rings. The highest BCUT2D eigenvalue weighted by molar-refractivity contribution is 5.77. The SMILES string of the molecule is CCc1ccc(Nc2ncnc(NC(C)CC)c2N)cc1. The van der Waals surface area contributed by atoms with Gasteiger partial charge in [0.25, 0.3) is 0 Å². The number of nitrogens with two attached hydrogens (primary N) is 1. The van der Waals surface area contributed by atoms with E-state index >= 15 is 0 Å². The van der Waals surface area contributed by atoms with E-state index < -0.39 is 0 Å². The molecule has 5 heteroatoms. The number of rotatable bonds is 6. The second kappa shape index (κ2) is 6.92. The molecule has 0 saturated carbocycles. The molecule has 2 rings (SSSR count). The minimum atomic E-state index is 0.318. The third kappa shape index (κ3) is 3.84. The summed E-state index contributed by atoms with van der Waals surface area (Å²) in [5, 5.41) is 6.53. The van der Waals surface area contributed by atoms with Gasteiger partial charge in [-0.25, -0.2) is 9.97 Å². The Morgan fingerprint density at radius 1 is 1.10 bits per heavy atom. The lowest BCUT2D eigenvalue weighted by atomic mass is 10.1. The summed E-state index contributed by atoms with van der Waals surface area (Å²) in [6, 6.07) is 8.57. The summed E-state index contributed by atoms with van der Waals surface area (Å²) in [6.07, 6.45) is 3.55. The maximum atomic E-state index is 6.14. The smallest absolute Gasteiger partial charge is 0.159 e. The molecular weight excluding hydrogens is 262 g/mol. The fourth-order valence-electron chi connectivity index (χ4n) is 1.91. The van der Waals surface area contributed by atoms with Crippen LogP contribution in [-0.4, -0.2) is 16.0 Å². The van der Waals surface area contributed by atoms with E-state index in [0.29, 0.717) is 23.4 Å². The summed E-state index contributed by atoms with van der Waals surface area (Å²) >= 11 is 0. The van der Waals surface area contributed by atoms with Crippen LogP contribution in [0.3, 0.4) is 0 Å². The Morgan fingerprint density at radius 3 is 2.38 bits per heavy atom. The van der Waals surface area contributed by atoms with Crippen molar-refractivity contribution in [3.8, 4) is 0 Å². The second-order valence-electron chi connectivity index (χ2n) is 5.11. The Hall–Kier alpha value is -2.30. The van der Waals surface area contributed by atoms with E-state index in [-0.39, 0.29) is 0 Å². The highest BCUT2D eigenvalue weighted by Gasteiger charge is 2.10. The van der Waals surface area contributed by atoms with Gasteiger partial charge in [0.15, 0.2) is 11.6 Å². The van der Waals surface area contributed by atoms with Crippen LogP contribution in [0, 0.1) is 0 Å². The highest BCUT2D eigenvalue weighted by atomic mass is 15.1. The van der Waals surface area contributed by atoms with Crippen molar-refractivity contribution in [3.63, 3.8) is 0 Å². The van der Waals surface area contributed by atoms with E-state index in [4.69, 9.17) is 5.73 Å². The number of aryl methyl sites for hydroxylation is 1. The molecule has 0 aliphatic rings. The predicted molar refractivity (Wildman–Crippen MR) is 88.9 cm³/mol. The molecule has 0 aliphatic carbocycles. The van der Waals surface area contributed by atoms with Crippen LogP contribution in [0.15, 0.2) is 30.6 Å². The van der Waals surface area contributed by atoms with Crippen LogP contribution < -0.4 is 16.4 Å². The fraction of sp³-hybridized carbons (Fsp3) is 0.375. The summed E-state index contributed by atoms with van der Waals surface area (Å²) in [4.78, 5) is 8.43. The first-order chi connectivity index (χ1) is 10.1. The van der Waals surface area contributed by atoms with Gasteiger partial charge in [-0.1, -0.05) is 26.0 Å². The number of nitrogen functional groups attached to an aromatic ring is 1. The number of benzene rings is 1. The highest BCUT2D eigenvalue weighted by Crippen LogP contribution is 2.26. The van der Waals surface area contributed by atoms with Gasteiger partial charge >= 0.3 is 0 Å². The third-order valence-electron chi connectivity index (χ3n) is 3.50. The van der Waals surface area contributed by atoms with E-state index in [1.54, 1.807) is 0 Å². The minimum Gasteiger partial charge on any atom is -0.393 e. The molecule has 1 atom stereocenters. The van der Waals surface area contributed by atoms with Gasteiger partial charge in [-0.05, 0) is 37.5 Å². The molecule has 0 fully saturated rings. The summed E-state index contributed by atoms with van der Waals surface area (Å²) in [5.74, 6) is 1.30. The molecule has 112 valence electrons. The van der Waals surface area contributed by atoms with Crippen molar-refractivity contribution < 1.29 is 0 Å². The zero-order valence-corrected chi connectivity index (χ0v) is 12.9. The molecule has 0 amide bonds. The summed E-state index contributed by atoms with van der Waals surface area (Å²) in [6.45, 7) is 6.35. The third-order valence-corrected chi connectivity index (χ3v) is 3.50. The zero-order valence-electron chi connectivity index (χ0n) is 12.9. The summed E-state index contributed by atoms with van der Waals surface area (Å²) in [7, 11) is 0. The van der Waals surface area contributed by atoms with Crippen molar-refractivity contribution in [2.75, 3.05) is 16.4 Å². The molecule has 0 radical (unpaired) electrons. The monoisotopic (exact) mass is 285 g/mol. The molecule has 1 heterocycles. The molecule has 0 aliphatic heterocycles. The maximum absolute atomic E-state index is 6.14. The van der Waals surface area contributed by atoms with E-state index in [2.05, 4.69) is 53.5 Å². The lowest BCUT2D eigenvalue weighted by Crippen LogP contribution is -2.16. The molecule has 1 aromatic heterocycles. The molecule has 1 aromatic carbocycles. The fourth-order valence-corrected chi connectivity index (χ4v) is 1.91. The van der Waals surface area contributed by atoms with Gasteiger partial charge in [-0.15, -0.1) is 0 Å². The summed E-state index contributed by atoms with van der Waals surface area (Å²) < 4.78 is 0. The van der Waals surface area contributed by atoms with Gasteiger partial charge < -0.3 is 16.4 Å². The number of hydrogen-bond acceptors (Lipinski definition) is 5. The average Bonchev–Trinajstić information content (AvgIpc) is 2.52. The van der Waals surface area contributed by atoms with Crippen molar-refractivity contribution in [2.24, 2.45) is 0 Å². The standard InChI is InChI=1S/C16H23N5/c1-4-11(3)20-15-14(17)16(19-10-18-15)21-13-8-6-12(5-2)7-9-13/h6-11H,4-5,17H2,1-3H3,(H2,18,19,20,21). The van der Waals surface area contributed by atoms with Crippen molar-refractivity contribution in [1.82, 2.24) is 9.97 Å². The van der Waals surface area contributed by atoms with Gasteiger partial charge in [0.1, 0.15) is 12.0 Å². The molecule has 1 unspecified atom stereocenters. The van der Waals surface area contributed by atoms with E-state index in [1.807, 2.05) is 12.1 Å². The molecule has 4 N–H and O–H groups in total. The first-order valence-electron chi connectivity index (χ1n) is 7.37. The van der Waals surface area contributed by atoms with Gasteiger partial charge in [0.05, 0.1) is 0 Å². The zero-order chi connectivity index (χ0) is 15.2. The predicted octanol–water partition coefficient (Wildman–Crippen LogP) is 3.58. The van der Waals surface area contributed by atoms with Gasteiger partial charge in [-0.3, -0.25) is 0 Å². The van der Waals surface area contributed by atoms with Crippen molar-refractivity contribution in [1.29, 1.82) is 0 Å². The van der Waals surface area contributed by atoms with Crippen molar-refractivity contribution in [3.05, 3.63) is 36.2 Å². The van der Waals surface area contributed by atoms with Gasteiger partial charge in [0.2, 0.25) is 0 Å². The molecule has 0 saturated heterocycles. The lowest BCUT2D eigenvalue weighted by molar-refractivity contribution is 0.759. The molecule has 0 spiro atoms. The quantitative estimate of drug-likeness (QED) is 0.756. The minimum absolute atomic E-state index is 0.318. The number of hydrogen-bond donors (Lipinski definition) is 3. The lowest BCUT2D eigenvalue weighted by Gasteiger charge is -2.16.